The van der Waals surface area contributed by atoms with Crippen LogP contribution in [-0.2, 0) is 15.8 Å². The molecule has 184 valence electrons. The van der Waals surface area contributed by atoms with Crippen LogP contribution in [0.4, 0.5) is 0 Å². The fourth-order valence-electron chi connectivity index (χ4n) is 5.11. The van der Waals surface area contributed by atoms with E-state index in [1.807, 2.05) is 60.7 Å². The molecule has 0 bridgehead atoms. The van der Waals surface area contributed by atoms with Crippen LogP contribution in [0.2, 0.25) is 5.02 Å². The maximum atomic E-state index is 13.8. The van der Waals surface area contributed by atoms with E-state index in [2.05, 4.69) is 50.4 Å². The number of likely N-dealkylation sites (tertiary alicyclic amines) is 1. The van der Waals surface area contributed by atoms with E-state index < -0.39 is 11.0 Å². The quantitative estimate of drug-likeness (QED) is 0.342. The highest BCUT2D eigenvalue weighted by molar-refractivity contribution is 9.09. The van der Waals surface area contributed by atoms with Gasteiger partial charge >= 0.3 is 0 Å². The minimum atomic E-state index is -0.843. The van der Waals surface area contributed by atoms with Gasteiger partial charge in [0.15, 0.2) is 0 Å². The van der Waals surface area contributed by atoms with Gasteiger partial charge < -0.3 is 15.3 Å². The Bertz CT molecular complexity index is 1050. The number of carbonyl (C=O) groups is 1. The van der Waals surface area contributed by atoms with Crippen LogP contribution in [0.3, 0.4) is 0 Å². The number of carbonyl (C=O) groups excluding carboxylic acids is 1. The van der Waals surface area contributed by atoms with Gasteiger partial charge in [0.2, 0.25) is 5.91 Å². The third-order valence-corrected chi connectivity index (χ3v) is 7.82. The minimum Gasteiger partial charge on any atom is -0.385 e. The zero-order chi connectivity index (χ0) is 24.7. The predicted octanol–water partition coefficient (Wildman–Crippen LogP) is 5.51. The molecule has 35 heavy (non-hydrogen) atoms. The van der Waals surface area contributed by atoms with Gasteiger partial charge in [0.1, 0.15) is 5.41 Å². The van der Waals surface area contributed by atoms with Gasteiger partial charge in [-0.3, -0.25) is 4.79 Å². The lowest BCUT2D eigenvalue weighted by molar-refractivity contribution is -0.125. The van der Waals surface area contributed by atoms with Gasteiger partial charge in [-0.1, -0.05) is 100 Å². The summed E-state index contributed by atoms with van der Waals surface area (Å²) in [5.41, 5.74) is 1.26. The van der Waals surface area contributed by atoms with E-state index >= 15 is 0 Å². The molecule has 1 fully saturated rings. The number of hydrogen-bond acceptors (Lipinski definition) is 3. The van der Waals surface area contributed by atoms with E-state index in [4.69, 9.17) is 11.6 Å². The maximum absolute atomic E-state index is 13.8. The van der Waals surface area contributed by atoms with Crippen molar-refractivity contribution in [3.05, 3.63) is 107 Å². The Morgan fingerprint density at radius 1 is 0.943 bits per heavy atom. The summed E-state index contributed by atoms with van der Waals surface area (Å²) in [5, 5.41) is 15.8. The summed E-state index contributed by atoms with van der Waals surface area (Å²) in [5.74, 6) is 0.0176. The Morgan fingerprint density at radius 2 is 1.49 bits per heavy atom. The van der Waals surface area contributed by atoms with Crippen molar-refractivity contribution >= 4 is 33.4 Å². The van der Waals surface area contributed by atoms with Crippen molar-refractivity contribution in [1.29, 1.82) is 0 Å². The van der Waals surface area contributed by atoms with E-state index in [-0.39, 0.29) is 5.91 Å². The van der Waals surface area contributed by atoms with E-state index in [9.17, 15) is 9.90 Å². The molecule has 0 aromatic heterocycles. The van der Waals surface area contributed by atoms with E-state index in [0.29, 0.717) is 36.2 Å². The van der Waals surface area contributed by atoms with E-state index in [1.54, 1.807) is 0 Å². The second-order valence-corrected chi connectivity index (χ2v) is 10.4. The van der Waals surface area contributed by atoms with Crippen LogP contribution in [0.1, 0.15) is 36.0 Å². The van der Waals surface area contributed by atoms with Crippen LogP contribution in [-0.4, -0.2) is 47.4 Å². The lowest BCUT2D eigenvalue weighted by Crippen LogP contribution is -2.49. The first kappa shape index (κ1) is 25.9. The molecule has 0 radical (unpaired) electrons. The number of hydrogen-bond donors (Lipinski definition) is 2. The van der Waals surface area contributed by atoms with Crippen LogP contribution in [0, 0.1) is 0 Å². The van der Waals surface area contributed by atoms with Gasteiger partial charge in [-0.05, 0) is 54.6 Å². The van der Waals surface area contributed by atoms with Crippen LogP contribution in [0.5, 0.6) is 0 Å². The summed E-state index contributed by atoms with van der Waals surface area (Å²) in [6.07, 6.45) is 1.94. The number of halogens is 2. The SMILES string of the molecule is O=C(NCCBr)C(CCN1CCC(O)(c2ccc(Cl)cc2)CC1)(c1ccccc1)c1ccccc1. The van der Waals surface area contributed by atoms with Crippen LogP contribution in [0.25, 0.3) is 0 Å². The second-order valence-electron chi connectivity index (χ2n) is 9.21. The Morgan fingerprint density at radius 3 is 2.00 bits per heavy atom. The second kappa shape index (κ2) is 11.7. The maximum Gasteiger partial charge on any atom is 0.235 e. The Hall–Kier alpha value is -2.18. The summed E-state index contributed by atoms with van der Waals surface area (Å²) < 4.78 is 0. The molecule has 1 heterocycles. The highest BCUT2D eigenvalue weighted by atomic mass is 79.9. The van der Waals surface area contributed by atoms with Gasteiger partial charge in [-0.25, -0.2) is 0 Å². The first-order valence-electron chi connectivity index (χ1n) is 12.1. The third kappa shape index (κ3) is 5.80. The first-order valence-corrected chi connectivity index (χ1v) is 13.6. The molecule has 4 nitrogen and oxygen atoms in total. The summed E-state index contributed by atoms with van der Waals surface area (Å²) in [6, 6.07) is 27.7. The Labute approximate surface area is 221 Å². The van der Waals surface area contributed by atoms with Crippen LogP contribution < -0.4 is 5.32 Å². The molecule has 0 saturated carbocycles. The summed E-state index contributed by atoms with van der Waals surface area (Å²) in [7, 11) is 0. The highest BCUT2D eigenvalue weighted by Crippen LogP contribution is 2.38. The molecule has 4 rings (SSSR count). The van der Waals surface area contributed by atoms with Gasteiger partial charge in [-0.2, -0.15) is 0 Å². The fourth-order valence-corrected chi connectivity index (χ4v) is 5.43. The molecule has 2 N–H and O–H groups in total. The highest BCUT2D eigenvalue weighted by Gasteiger charge is 2.42. The zero-order valence-electron chi connectivity index (χ0n) is 19.8. The molecule has 0 spiro atoms. The zero-order valence-corrected chi connectivity index (χ0v) is 22.1. The van der Waals surface area contributed by atoms with Gasteiger partial charge in [0.25, 0.3) is 0 Å². The molecule has 3 aromatic rings. The van der Waals surface area contributed by atoms with Crippen molar-refractivity contribution in [2.75, 3.05) is 31.5 Å². The molecule has 1 aliphatic rings. The number of amides is 1. The summed E-state index contributed by atoms with van der Waals surface area (Å²) >= 11 is 9.47. The normalized spacial score (nSPS) is 16.1. The van der Waals surface area contributed by atoms with Crippen molar-refractivity contribution in [3.8, 4) is 0 Å². The van der Waals surface area contributed by atoms with Gasteiger partial charge in [-0.15, -0.1) is 0 Å². The van der Waals surface area contributed by atoms with Crippen molar-refractivity contribution in [1.82, 2.24) is 10.2 Å². The molecule has 0 atom stereocenters. The molecule has 0 aliphatic carbocycles. The number of nitrogens with zero attached hydrogens (tertiary/aromatic N) is 1. The van der Waals surface area contributed by atoms with Crippen molar-refractivity contribution < 1.29 is 9.90 Å². The Balaban J connectivity index is 1.56. The molecular formula is C29H32BrClN2O2. The average molecular weight is 556 g/mol. The van der Waals surface area contributed by atoms with Crippen LogP contribution >= 0.6 is 27.5 Å². The number of rotatable bonds is 9. The fraction of sp³-hybridized carbons (Fsp3) is 0.345. The van der Waals surface area contributed by atoms with Crippen molar-refractivity contribution in [2.24, 2.45) is 0 Å². The smallest absolute Gasteiger partial charge is 0.235 e. The largest absolute Gasteiger partial charge is 0.385 e. The molecule has 3 aromatic carbocycles. The van der Waals surface area contributed by atoms with Gasteiger partial charge in [0.05, 0.1) is 5.60 Å². The molecule has 1 saturated heterocycles. The number of benzene rings is 3. The molecule has 1 aliphatic heterocycles. The van der Waals surface area contributed by atoms with Crippen molar-refractivity contribution in [3.63, 3.8) is 0 Å². The summed E-state index contributed by atoms with van der Waals surface area (Å²) in [6.45, 7) is 2.85. The van der Waals surface area contributed by atoms with Gasteiger partial charge in [0, 0.05) is 30.0 Å². The number of alkyl halides is 1. The topological polar surface area (TPSA) is 52.6 Å². The standard InChI is InChI=1S/C29H32BrClN2O2/c30-18-19-32-27(34)29(24-7-3-1-4-8-24,25-9-5-2-6-10-25)17-22-33-20-15-28(35,16-21-33)23-11-13-26(31)14-12-23/h1-14,35H,15-22H2,(H,32,34). The third-order valence-electron chi connectivity index (χ3n) is 7.17. The number of aliphatic hydroxyl groups is 1. The number of nitrogens with one attached hydrogen (secondary N) is 1. The molecule has 1 amide bonds. The lowest BCUT2D eigenvalue weighted by Gasteiger charge is -2.41. The average Bonchev–Trinajstić information content (AvgIpc) is 2.90. The van der Waals surface area contributed by atoms with E-state index in [1.165, 1.54) is 0 Å². The Kier molecular flexibility index (Phi) is 8.66. The van der Waals surface area contributed by atoms with E-state index in [0.717, 1.165) is 36.3 Å². The number of piperidine rings is 1. The lowest BCUT2D eigenvalue weighted by atomic mass is 9.71. The molecule has 0 unspecified atom stereocenters. The predicted molar refractivity (Wildman–Crippen MR) is 146 cm³/mol. The van der Waals surface area contributed by atoms with Crippen molar-refractivity contribution in [2.45, 2.75) is 30.3 Å². The molecule has 6 heteroatoms. The first-order chi connectivity index (χ1) is 17.0. The summed E-state index contributed by atoms with van der Waals surface area (Å²) in [4.78, 5) is 16.2. The van der Waals surface area contributed by atoms with Crippen LogP contribution in [0.15, 0.2) is 84.9 Å². The minimum absolute atomic E-state index is 0.0176. The molecular weight excluding hydrogens is 524 g/mol. The monoisotopic (exact) mass is 554 g/mol.